The molecular weight excluding hydrogens is 363 g/mol. The molecule has 0 fully saturated rings. The molecule has 2 heterocycles. The molecule has 128 valence electrons. The number of carbonyl (C=O) groups excluding carboxylic acids is 1. The Morgan fingerprint density at radius 3 is 2.64 bits per heavy atom. The number of carbonyl (C=O) groups is 1. The number of hydrogen-bond donors (Lipinski definition) is 0. The maximum Gasteiger partial charge on any atom is 0.341 e. The Kier molecular flexibility index (Phi) is 5.36. The third-order valence-corrected chi connectivity index (χ3v) is 4.09. The standard InChI is InChI=1S/C18H14Cl2N2O3/c1-2-24-18(23)12-9-21-16-13(19)8-14(22-17(16)15(12)20)25-10-11-6-4-3-5-7-11/h3-9H,2,10H2,1H3. The van der Waals surface area contributed by atoms with Crippen LogP contribution in [-0.2, 0) is 11.3 Å². The number of ether oxygens (including phenoxy) is 2. The summed E-state index contributed by atoms with van der Waals surface area (Å²) in [5, 5.41) is 0.473. The van der Waals surface area contributed by atoms with Gasteiger partial charge in [0.05, 0.1) is 22.2 Å². The number of benzene rings is 1. The van der Waals surface area contributed by atoms with Crippen molar-refractivity contribution >= 4 is 40.2 Å². The number of pyridine rings is 2. The van der Waals surface area contributed by atoms with E-state index in [0.717, 1.165) is 5.56 Å². The molecule has 5 nitrogen and oxygen atoms in total. The summed E-state index contributed by atoms with van der Waals surface area (Å²) in [6.07, 6.45) is 1.33. The Morgan fingerprint density at radius 2 is 1.92 bits per heavy atom. The predicted octanol–water partition coefficient (Wildman–Crippen LogP) is 4.69. The van der Waals surface area contributed by atoms with Crippen LogP contribution in [0.2, 0.25) is 10.0 Å². The molecule has 0 aliphatic carbocycles. The highest BCUT2D eigenvalue weighted by Crippen LogP contribution is 2.31. The van der Waals surface area contributed by atoms with Crippen molar-refractivity contribution in [2.45, 2.75) is 13.5 Å². The Labute approximate surface area is 154 Å². The van der Waals surface area contributed by atoms with Gasteiger partial charge in [0.25, 0.3) is 0 Å². The van der Waals surface area contributed by atoms with Crippen LogP contribution in [0, 0.1) is 0 Å². The molecule has 0 atom stereocenters. The van der Waals surface area contributed by atoms with Crippen molar-refractivity contribution in [2.75, 3.05) is 6.61 Å². The summed E-state index contributed by atoms with van der Waals surface area (Å²) in [6, 6.07) is 11.2. The van der Waals surface area contributed by atoms with E-state index in [2.05, 4.69) is 9.97 Å². The normalized spacial score (nSPS) is 10.7. The second-order valence-electron chi connectivity index (χ2n) is 5.12. The van der Waals surface area contributed by atoms with Gasteiger partial charge in [-0.15, -0.1) is 0 Å². The zero-order valence-corrected chi connectivity index (χ0v) is 14.8. The molecule has 3 rings (SSSR count). The van der Waals surface area contributed by atoms with Gasteiger partial charge in [-0.1, -0.05) is 53.5 Å². The van der Waals surface area contributed by atoms with Crippen LogP contribution < -0.4 is 4.74 Å². The first-order valence-electron chi connectivity index (χ1n) is 7.58. The second-order valence-corrected chi connectivity index (χ2v) is 5.91. The van der Waals surface area contributed by atoms with Crippen LogP contribution in [-0.4, -0.2) is 22.5 Å². The van der Waals surface area contributed by atoms with E-state index in [4.69, 9.17) is 32.7 Å². The Hall–Kier alpha value is -2.37. The summed E-state index contributed by atoms with van der Waals surface area (Å²) in [5.41, 5.74) is 1.82. The number of halogens is 2. The zero-order chi connectivity index (χ0) is 17.8. The Balaban J connectivity index is 1.95. The third kappa shape index (κ3) is 3.83. The van der Waals surface area contributed by atoms with Crippen molar-refractivity contribution in [3.8, 4) is 5.88 Å². The maximum absolute atomic E-state index is 12.0. The molecule has 7 heteroatoms. The van der Waals surface area contributed by atoms with E-state index in [1.54, 1.807) is 13.0 Å². The second kappa shape index (κ2) is 7.68. The van der Waals surface area contributed by atoms with Crippen molar-refractivity contribution in [1.29, 1.82) is 0 Å². The average molecular weight is 377 g/mol. The monoisotopic (exact) mass is 376 g/mol. The zero-order valence-electron chi connectivity index (χ0n) is 13.3. The lowest BCUT2D eigenvalue weighted by molar-refractivity contribution is 0.0526. The Morgan fingerprint density at radius 1 is 1.16 bits per heavy atom. The number of nitrogens with zero attached hydrogens (tertiary/aromatic N) is 2. The fraction of sp³-hybridized carbons (Fsp3) is 0.167. The molecule has 0 aliphatic rings. The fourth-order valence-corrected chi connectivity index (χ4v) is 2.72. The fourth-order valence-electron chi connectivity index (χ4n) is 2.23. The van der Waals surface area contributed by atoms with Crippen LogP contribution in [0.1, 0.15) is 22.8 Å². The molecule has 2 aromatic heterocycles. The van der Waals surface area contributed by atoms with E-state index in [0.29, 0.717) is 28.5 Å². The van der Waals surface area contributed by atoms with Crippen molar-refractivity contribution in [2.24, 2.45) is 0 Å². The van der Waals surface area contributed by atoms with Crippen molar-refractivity contribution in [3.63, 3.8) is 0 Å². The summed E-state index contributed by atoms with van der Waals surface area (Å²) >= 11 is 12.6. The largest absolute Gasteiger partial charge is 0.473 e. The summed E-state index contributed by atoms with van der Waals surface area (Å²) in [7, 11) is 0. The maximum atomic E-state index is 12.0. The molecule has 0 saturated heterocycles. The SMILES string of the molecule is CCOC(=O)c1cnc2c(Cl)cc(OCc3ccccc3)nc2c1Cl. The molecule has 3 aromatic rings. The van der Waals surface area contributed by atoms with E-state index in [9.17, 15) is 4.79 Å². The first kappa shape index (κ1) is 17.5. The molecule has 0 bridgehead atoms. The predicted molar refractivity (Wildman–Crippen MR) is 96.3 cm³/mol. The summed E-state index contributed by atoms with van der Waals surface area (Å²) in [6.45, 7) is 2.28. The van der Waals surface area contributed by atoms with Gasteiger partial charge in [0, 0.05) is 12.3 Å². The van der Waals surface area contributed by atoms with Crippen LogP contribution in [0.5, 0.6) is 5.88 Å². The van der Waals surface area contributed by atoms with Gasteiger partial charge in [-0.3, -0.25) is 4.98 Å². The molecule has 0 radical (unpaired) electrons. The average Bonchev–Trinajstić information content (AvgIpc) is 2.62. The van der Waals surface area contributed by atoms with Gasteiger partial charge in [0.2, 0.25) is 5.88 Å². The first-order chi connectivity index (χ1) is 12.1. The number of aromatic nitrogens is 2. The molecule has 0 N–H and O–H groups in total. The van der Waals surface area contributed by atoms with Gasteiger partial charge >= 0.3 is 5.97 Å². The number of fused-ring (bicyclic) bond motifs is 1. The highest BCUT2D eigenvalue weighted by Gasteiger charge is 2.18. The van der Waals surface area contributed by atoms with E-state index < -0.39 is 5.97 Å². The van der Waals surface area contributed by atoms with E-state index in [-0.39, 0.29) is 17.2 Å². The van der Waals surface area contributed by atoms with Crippen LogP contribution in [0.25, 0.3) is 11.0 Å². The summed E-state index contributed by atoms with van der Waals surface area (Å²) < 4.78 is 10.7. The highest BCUT2D eigenvalue weighted by molar-refractivity contribution is 6.40. The quantitative estimate of drug-likeness (QED) is 0.604. The third-order valence-electron chi connectivity index (χ3n) is 3.41. The van der Waals surface area contributed by atoms with Crippen LogP contribution in [0.3, 0.4) is 0 Å². The molecule has 0 spiro atoms. The van der Waals surface area contributed by atoms with Crippen LogP contribution >= 0.6 is 23.2 Å². The summed E-state index contributed by atoms with van der Waals surface area (Å²) in [4.78, 5) is 20.5. The molecule has 0 aliphatic heterocycles. The number of rotatable bonds is 5. The Bertz CT molecular complexity index is 917. The number of esters is 1. The van der Waals surface area contributed by atoms with Gasteiger partial charge in [-0.25, -0.2) is 9.78 Å². The molecule has 25 heavy (non-hydrogen) atoms. The van der Waals surface area contributed by atoms with Gasteiger partial charge in [0.1, 0.15) is 17.6 Å². The van der Waals surface area contributed by atoms with E-state index in [1.165, 1.54) is 6.20 Å². The molecule has 1 aromatic carbocycles. The van der Waals surface area contributed by atoms with Crippen molar-refractivity contribution in [3.05, 3.63) is 63.8 Å². The minimum absolute atomic E-state index is 0.135. The number of hydrogen-bond acceptors (Lipinski definition) is 5. The first-order valence-corrected chi connectivity index (χ1v) is 8.34. The molecule has 0 unspecified atom stereocenters. The molecule has 0 saturated carbocycles. The van der Waals surface area contributed by atoms with Crippen molar-refractivity contribution < 1.29 is 14.3 Å². The lowest BCUT2D eigenvalue weighted by Gasteiger charge is -2.10. The minimum Gasteiger partial charge on any atom is -0.473 e. The summed E-state index contributed by atoms with van der Waals surface area (Å²) in [5.74, 6) is -0.263. The van der Waals surface area contributed by atoms with Crippen LogP contribution in [0.15, 0.2) is 42.6 Å². The van der Waals surface area contributed by atoms with Gasteiger partial charge in [-0.05, 0) is 12.5 Å². The highest BCUT2D eigenvalue weighted by atomic mass is 35.5. The van der Waals surface area contributed by atoms with Gasteiger partial charge in [-0.2, -0.15) is 0 Å². The topological polar surface area (TPSA) is 61.3 Å². The molecular formula is C18H14Cl2N2O3. The van der Waals surface area contributed by atoms with E-state index in [1.807, 2.05) is 30.3 Å². The van der Waals surface area contributed by atoms with Crippen LogP contribution in [0.4, 0.5) is 0 Å². The minimum atomic E-state index is -0.560. The van der Waals surface area contributed by atoms with Crippen molar-refractivity contribution in [1.82, 2.24) is 9.97 Å². The lowest BCUT2D eigenvalue weighted by atomic mass is 10.2. The van der Waals surface area contributed by atoms with Gasteiger partial charge < -0.3 is 9.47 Å². The lowest BCUT2D eigenvalue weighted by Crippen LogP contribution is -2.07. The smallest absolute Gasteiger partial charge is 0.341 e. The van der Waals surface area contributed by atoms with E-state index >= 15 is 0 Å². The molecule has 0 amide bonds. The van der Waals surface area contributed by atoms with Gasteiger partial charge in [0.15, 0.2) is 0 Å².